The normalized spacial score (nSPS) is 10.8. The molecule has 0 radical (unpaired) electrons. The highest BCUT2D eigenvalue weighted by atomic mass is 16.5. The van der Waals surface area contributed by atoms with Gasteiger partial charge in [0.2, 0.25) is 5.95 Å². The van der Waals surface area contributed by atoms with E-state index in [9.17, 15) is 0 Å². The Kier molecular flexibility index (Phi) is 3.76. The molecular weight excluding hydrogens is 166 g/mol. The summed E-state index contributed by atoms with van der Waals surface area (Å²) in [7, 11) is 1.96. The van der Waals surface area contributed by atoms with E-state index >= 15 is 0 Å². The van der Waals surface area contributed by atoms with Gasteiger partial charge >= 0.3 is 0 Å². The molecule has 0 aliphatic carbocycles. The predicted octanol–water partition coefficient (Wildman–Crippen LogP) is 1.26. The standard InChI is InChI=1S/C9H17N3O/c1-8(2)13-7-5-11-9-10-4-6-12(9)3/h4,6,8H,5,7H2,1-3H3,(H,10,11). The molecule has 0 spiro atoms. The zero-order chi connectivity index (χ0) is 9.68. The maximum Gasteiger partial charge on any atom is 0.202 e. The largest absolute Gasteiger partial charge is 0.377 e. The molecule has 0 saturated carbocycles. The summed E-state index contributed by atoms with van der Waals surface area (Å²) in [6.45, 7) is 5.56. The van der Waals surface area contributed by atoms with Gasteiger partial charge in [-0.25, -0.2) is 4.98 Å². The van der Waals surface area contributed by atoms with Crippen molar-refractivity contribution < 1.29 is 4.74 Å². The Morgan fingerprint density at radius 3 is 2.92 bits per heavy atom. The molecular formula is C9H17N3O. The molecule has 13 heavy (non-hydrogen) atoms. The topological polar surface area (TPSA) is 39.1 Å². The average molecular weight is 183 g/mol. The van der Waals surface area contributed by atoms with Crippen LogP contribution in [0.4, 0.5) is 5.95 Å². The van der Waals surface area contributed by atoms with Gasteiger partial charge in [0.15, 0.2) is 0 Å². The van der Waals surface area contributed by atoms with E-state index in [1.54, 1.807) is 6.20 Å². The van der Waals surface area contributed by atoms with Crippen molar-refractivity contribution in [1.29, 1.82) is 0 Å². The van der Waals surface area contributed by atoms with Crippen molar-refractivity contribution in [3.05, 3.63) is 12.4 Å². The molecule has 0 amide bonds. The van der Waals surface area contributed by atoms with Crippen molar-refractivity contribution in [3.8, 4) is 0 Å². The van der Waals surface area contributed by atoms with Crippen molar-refractivity contribution in [1.82, 2.24) is 9.55 Å². The van der Waals surface area contributed by atoms with Crippen molar-refractivity contribution in [2.45, 2.75) is 20.0 Å². The lowest BCUT2D eigenvalue weighted by Gasteiger charge is -2.08. The molecule has 0 saturated heterocycles. The van der Waals surface area contributed by atoms with Crippen molar-refractivity contribution in [2.24, 2.45) is 7.05 Å². The first-order valence-corrected chi connectivity index (χ1v) is 4.53. The SMILES string of the molecule is CC(C)OCCNc1nccn1C. The number of nitrogens with zero attached hydrogens (tertiary/aromatic N) is 2. The van der Waals surface area contributed by atoms with Gasteiger partial charge in [0.25, 0.3) is 0 Å². The molecule has 1 N–H and O–H groups in total. The van der Waals surface area contributed by atoms with E-state index in [4.69, 9.17) is 4.74 Å². The highest BCUT2D eigenvalue weighted by Gasteiger charge is 1.97. The number of aromatic nitrogens is 2. The molecule has 1 heterocycles. The smallest absolute Gasteiger partial charge is 0.202 e. The van der Waals surface area contributed by atoms with Crippen LogP contribution in [0.2, 0.25) is 0 Å². The van der Waals surface area contributed by atoms with E-state index < -0.39 is 0 Å². The molecule has 0 aliphatic heterocycles. The lowest BCUT2D eigenvalue weighted by atomic mass is 10.5. The van der Waals surface area contributed by atoms with Gasteiger partial charge in [-0.1, -0.05) is 0 Å². The number of rotatable bonds is 5. The van der Waals surface area contributed by atoms with E-state index in [1.165, 1.54) is 0 Å². The average Bonchev–Trinajstić information content (AvgIpc) is 2.45. The Morgan fingerprint density at radius 2 is 2.38 bits per heavy atom. The molecule has 0 aromatic carbocycles. The summed E-state index contributed by atoms with van der Waals surface area (Å²) >= 11 is 0. The number of ether oxygens (including phenoxy) is 1. The summed E-state index contributed by atoms with van der Waals surface area (Å²) in [5.41, 5.74) is 0. The van der Waals surface area contributed by atoms with Crippen LogP contribution in [0.1, 0.15) is 13.8 Å². The van der Waals surface area contributed by atoms with Gasteiger partial charge < -0.3 is 14.6 Å². The third-order valence-corrected chi connectivity index (χ3v) is 1.66. The van der Waals surface area contributed by atoms with Gasteiger partial charge in [-0.15, -0.1) is 0 Å². The monoisotopic (exact) mass is 183 g/mol. The van der Waals surface area contributed by atoms with Gasteiger partial charge in [-0.2, -0.15) is 0 Å². The van der Waals surface area contributed by atoms with Crippen LogP contribution in [0.5, 0.6) is 0 Å². The first-order valence-electron chi connectivity index (χ1n) is 4.53. The Morgan fingerprint density at radius 1 is 1.62 bits per heavy atom. The minimum atomic E-state index is 0.295. The second kappa shape index (κ2) is 4.87. The van der Waals surface area contributed by atoms with Gasteiger partial charge in [0.1, 0.15) is 0 Å². The zero-order valence-electron chi connectivity index (χ0n) is 8.45. The van der Waals surface area contributed by atoms with E-state index in [1.807, 2.05) is 31.7 Å². The number of aryl methyl sites for hydroxylation is 1. The molecule has 0 fully saturated rings. The molecule has 0 unspecified atom stereocenters. The number of hydrogen-bond acceptors (Lipinski definition) is 3. The highest BCUT2D eigenvalue weighted by molar-refractivity contribution is 5.24. The maximum atomic E-state index is 5.38. The minimum Gasteiger partial charge on any atom is -0.377 e. The molecule has 1 aromatic heterocycles. The van der Waals surface area contributed by atoms with Gasteiger partial charge in [-0.3, -0.25) is 0 Å². The van der Waals surface area contributed by atoms with E-state index in [-0.39, 0.29) is 0 Å². The molecule has 1 aromatic rings. The molecule has 1 rings (SSSR count). The quantitative estimate of drug-likeness (QED) is 0.698. The summed E-state index contributed by atoms with van der Waals surface area (Å²) in [4.78, 5) is 4.13. The van der Waals surface area contributed by atoms with Crippen LogP contribution in [0.15, 0.2) is 12.4 Å². The van der Waals surface area contributed by atoms with Gasteiger partial charge in [-0.05, 0) is 13.8 Å². The zero-order valence-corrected chi connectivity index (χ0v) is 8.45. The summed E-state index contributed by atoms with van der Waals surface area (Å²) < 4.78 is 7.32. The van der Waals surface area contributed by atoms with E-state index in [0.717, 1.165) is 12.5 Å². The first-order chi connectivity index (χ1) is 6.20. The minimum absolute atomic E-state index is 0.295. The Bertz CT molecular complexity index is 245. The second-order valence-corrected chi connectivity index (χ2v) is 3.21. The van der Waals surface area contributed by atoms with Crippen molar-refractivity contribution in [3.63, 3.8) is 0 Å². The summed E-state index contributed by atoms with van der Waals surface area (Å²) in [5, 5.41) is 3.18. The fourth-order valence-corrected chi connectivity index (χ4v) is 0.993. The number of nitrogens with one attached hydrogen (secondary N) is 1. The van der Waals surface area contributed by atoms with E-state index in [2.05, 4.69) is 10.3 Å². The third kappa shape index (κ3) is 3.46. The highest BCUT2D eigenvalue weighted by Crippen LogP contribution is 1.99. The fraction of sp³-hybridized carbons (Fsp3) is 0.667. The lowest BCUT2D eigenvalue weighted by Crippen LogP contribution is -2.14. The van der Waals surface area contributed by atoms with Crippen LogP contribution in [0.25, 0.3) is 0 Å². The predicted molar refractivity (Wildman–Crippen MR) is 52.8 cm³/mol. The fourth-order valence-electron chi connectivity index (χ4n) is 0.993. The van der Waals surface area contributed by atoms with Crippen LogP contribution >= 0.6 is 0 Å². The number of imidazole rings is 1. The van der Waals surface area contributed by atoms with Crippen molar-refractivity contribution >= 4 is 5.95 Å². The summed E-state index contributed by atoms with van der Waals surface area (Å²) in [6, 6.07) is 0. The first kappa shape index (κ1) is 10.1. The Hall–Kier alpha value is -1.03. The Labute approximate surface area is 78.9 Å². The van der Waals surface area contributed by atoms with Crippen LogP contribution in [0, 0.1) is 0 Å². The molecule has 0 bridgehead atoms. The van der Waals surface area contributed by atoms with Crippen LogP contribution < -0.4 is 5.32 Å². The molecule has 74 valence electrons. The third-order valence-electron chi connectivity index (χ3n) is 1.66. The molecule has 0 atom stereocenters. The lowest BCUT2D eigenvalue weighted by molar-refractivity contribution is 0.0869. The molecule has 4 nitrogen and oxygen atoms in total. The number of anilines is 1. The summed E-state index contributed by atoms with van der Waals surface area (Å²) in [5.74, 6) is 0.882. The molecule has 4 heteroatoms. The second-order valence-electron chi connectivity index (χ2n) is 3.21. The Balaban J connectivity index is 2.17. The van der Waals surface area contributed by atoms with Crippen LogP contribution in [0.3, 0.4) is 0 Å². The summed E-state index contributed by atoms with van der Waals surface area (Å²) in [6.07, 6.45) is 3.97. The van der Waals surface area contributed by atoms with Crippen LogP contribution in [-0.2, 0) is 11.8 Å². The molecule has 0 aliphatic rings. The number of hydrogen-bond donors (Lipinski definition) is 1. The van der Waals surface area contributed by atoms with Gasteiger partial charge in [0, 0.05) is 26.0 Å². The van der Waals surface area contributed by atoms with Crippen molar-refractivity contribution in [2.75, 3.05) is 18.5 Å². The van der Waals surface area contributed by atoms with Crippen LogP contribution in [-0.4, -0.2) is 28.8 Å². The maximum absolute atomic E-state index is 5.38. The van der Waals surface area contributed by atoms with E-state index in [0.29, 0.717) is 12.7 Å². The van der Waals surface area contributed by atoms with Gasteiger partial charge in [0.05, 0.1) is 12.7 Å².